The van der Waals surface area contributed by atoms with Crippen molar-refractivity contribution in [1.82, 2.24) is 10.2 Å². The lowest BCUT2D eigenvalue weighted by molar-refractivity contribution is -0.120. The fourth-order valence-electron chi connectivity index (χ4n) is 3.46. The Labute approximate surface area is 160 Å². The van der Waals surface area contributed by atoms with Crippen molar-refractivity contribution >= 4 is 39.1 Å². The summed E-state index contributed by atoms with van der Waals surface area (Å²) in [7, 11) is 0. The van der Waals surface area contributed by atoms with E-state index in [-0.39, 0.29) is 23.4 Å². The highest BCUT2D eigenvalue weighted by Gasteiger charge is 2.30. The molecule has 142 valence electrons. The number of piperidine rings is 1. The summed E-state index contributed by atoms with van der Waals surface area (Å²) >= 11 is 1.38. The van der Waals surface area contributed by atoms with Gasteiger partial charge in [-0.25, -0.2) is 4.39 Å². The van der Waals surface area contributed by atoms with Crippen LogP contribution in [-0.4, -0.2) is 41.6 Å². The molecule has 7 nitrogen and oxygen atoms in total. The Bertz CT molecular complexity index is 858. The summed E-state index contributed by atoms with van der Waals surface area (Å²) in [5.41, 5.74) is 0.199. The van der Waals surface area contributed by atoms with Crippen molar-refractivity contribution in [2.24, 2.45) is 5.92 Å². The standard InChI is InChI=1S/C18H20FN5O2S/c19-13-6-1-2-7-14(13)20-16(26)12-5-3-9-23(11-12)17-21-22-18(27-17)24-10-4-8-15(24)25/h1-2,6-7,12H,3-5,8-11H2,(H,20,26)/t12-/m0/s1. The summed E-state index contributed by atoms with van der Waals surface area (Å²) in [5, 5.41) is 12.4. The van der Waals surface area contributed by atoms with Crippen molar-refractivity contribution in [3.8, 4) is 0 Å². The van der Waals surface area contributed by atoms with Crippen LogP contribution in [0.1, 0.15) is 25.7 Å². The average molecular weight is 389 g/mol. The molecule has 0 saturated carbocycles. The van der Waals surface area contributed by atoms with Crippen LogP contribution in [-0.2, 0) is 9.59 Å². The largest absolute Gasteiger partial charge is 0.346 e. The van der Waals surface area contributed by atoms with E-state index in [0.29, 0.717) is 29.8 Å². The Kier molecular flexibility index (Phi) is 5.02. The Morgan fingerprint density at radius 2 is 2.00 bits per heavy atom. The first-order valence-corrected chi connectivity index (χ1v) is 9.87. The normalized spacial score (nSPS) is 20.2. The minimum absolute atomic E-state index is 0.0819. The molecular formula is C18H20FN5O2S. The second-order valence-corrected chi connectivity index (χ2v) is 7.70. The first-order valence-electron chi connectivity index (χ1n) is 9.06. The lowest BCUT2D eigenvalue weighted by Gasteiger charge is -2.31. The highest BCUT2D eigenvalue weighted by molar-refractivity contribution is 7.19. The second kappa shape index (κ2) is 7.59. The molecule has 4 rings (SSSR count). The fourth-order valence-corrected chi connectivity index (χ4v) is 4.38. The van der Waals surface area contributed by atoms with Gasteiger partial charge in [0.25, 0.3) is 0 Å². The lowest BCUT2D eigenvalue weighted by Crippen LogP contribution is -2.40. The van der Waals surface area contributed by atoms with Crippen molar-refractivity contribution < 1.29 is 14.0 Å². The van der Waals surface area contributed by atoms with E-state index in [9.17, 15) is 14.0 Å². The third kappa shape index (κ3) is 3.78. The fraction of sp³-hybridized carbons (Fsp3) is 0.444. The number of halogens is 1. The number of amides is 2. The maximum atomic E-state index is 13.8. The summed E-state index contributed by atoms with van der Waals surface area (Å²) in [4.78, 5) is 28.1. The predicted octanol–water partition coefficient (Wildman–Crippen LogP) is 2.66. The van der Waals surface area contributed by atoms with Crippen molar-refractivity contribution in [1.29, 1.82) is 0 Å². The molecule has 1 atom stereocenters. The van der Waals surface area contributed by atoms with Gasteiger partial charge in [-0.3, -0.25) is 14.5 Å². The first-order chi connectivity index (χ1) is 13.1. The van der Waals surface area contributed by atoms with E-state index in [0.717, 1.165) is 25.8 Å². The molecule has 2 fully saturated rings. The third-order valence-corrected chi connectivity index (χ3v) is 5.91. The van der Waals surface area contributed by atoms with Gasteiger partial charge in [0.2, 0.25) is 22.1 Å². The van der Waals surface area contributed by atoms with Gasteiger partial charge in [0.15, 0.2) is 0 Å². The van der Waals surface area contributed by atoms with Crippen molar-refractivity contribution in [3.63, 3.8) is 0 Å². The SMILES string of the molecule is O=C(Nc1ccccc1F)[C@H]1CCCN(c2nnc(N3CCCC3=O)s2)C1. The number of rotatable bonds is 4. The van der Waals surface area contributed by atoms with Crippen LogP contribution in [0.3, 0.4) is 0 Å². The molecule has 1 N–H and O–H groups in total. The van der Waals surface area contributed by atoms with Gasteiger partial charge in [0.1, 0.15) is 5.82 Å². The lowest BCUT2D eigenvalue weighted by atomic mass is 9.97. The van der Waals surface area contributed by atoms with E-state index >= 15 is 0 Å². The summed E-state index contributed by atoms with van der Waals surface area (Å²) < 4.78 is 13.8. The monoisotopic (exact) mass is 389 g/mol. The number of aromatic nitrogens is 2. The van der Waals surface area contributed by atoms with Crippen molar-refractivity contribution in [3.05, 3.63) is 30.1 Å². The highest BCUT2D eigenvalue weighted by atomic mass is 32.1. The molecule has 2 amide bonds. The van der Waals surface area contributed by atoms with E-state index in [1.807, 2.05) is 4.90 Å². The molecule has 27 heavy (non-hydrogen) atoms. The van der Waals surface area contributed by atoms with Crippen molar-refractivity contribution in [2.75, 3.05) is 34.8 Å². The average Bonchev–Trinajstić information content (AvgIpc) is 3.32. The quantitative estimate of drug-likeness (QED) is 0.870. The van der Waals surface area contributed by atoms with Crippen LogP contribution in [0.25, 0.3) is 0 Å². The Morgan fingerprint density at radius 1 is 1.19 bits per heavy atom. The second-order valence-electron chi connectivity index (χ2n) is 6.77. The maximum Gasteiger partial charge on any atom is 0.229 e. The van der Waals surface area contributed by atoms with Crippen LogP contribution >= 0.6 is 11.3 Å². The molecule has 2 saturated heterocycles. The van der Waals surface area contributed by atoms with Crippen LogP contribution in [0.2, 0.25) is 0 Å². The summed E-state index contributed by atoms with van der Waals surface area (Å²) in [6.07, 6.45) is 2.98. The number of carbonyl (C=O) groups is 2. The molecule has 9 heteroatoms. The van der Waals surface area contributed by atoms with E-state index < -0.39 is 5.82 Å². The minimum Gasteiger partial charge on any atom is -0.346 e. The number of benzene rings is 1. The zero-order chi connectivity index (χ0) is 18.8. The summed E-state index contributed by atoms with van der Waals surface area (Å²) in [6.45, 7) is 1.97. The topological polar surface area (TPSA) is 78.4 Å². The molecule has 2 aliphatic heterocycles. The zero-order valence-electron chi connectivity index (χ0n) is 14.7. The van der Waals surface area contributed by atoms with Gasteiger partial charge in [0, 0.05) is 26.1 Å². The van der Waals surface area contributed by atoms with Gasteiger partial charge in [0.05, 0.1) is 11.6 Å². The van der Waals surface area contributed by atoms with Crippen LogP contribution in [0.5, 0.6) is 0 Å². The molecule has 3 heterocycles. The molecule has 0 aliphatic carbocycles. The number of nitrogens with one attached hydrogen (secondary N) is 1. The molecular weight excluding hydrogens is 369 g/mol. The molecule has 0 bridgehead atoms. The van der Waals surface area contributed by atoms with E-state index in [4.69, 9.17) is 0 Å². The number of nitrogens with zero attached hydrogens (tertiary/aromatic N) is 4. The van der Waals surface area contributed by atoms with Crippen LogP contribution in [0.4, 0.5) is 20.3 Å². The van der Waals surface area contributed by atoms with Gasteiger partial charge < -0.3 is 10.2 Å². The minimum atomic E-state index is -0.442. The van der Waals surface area contributed by atoms with E-state index in [1.54, 1.807) is 23.1 Å². The predicted molar refractivity (Wildman–Crippen MR) is 101 cm³/mol. The van der Waals surface area contributed by atoms with Crippen molar-refractivity contribution in [2.45, 2.75) is 25.7 Å². The molecule has 0 unspecified atom stereocenters. The Morgan fingerprint density at radius 3 is 2.78 bits per heavy atom. The van der Waals surface area contributed by atoms with E-state index in [2.05, 4.69) is 15.5 Å². The summed E-state index contributed by atoms with van der Waals surface area (Å²) in [6, 6.07) is 6.16. The number of hydrogen-bond donors (Lipinski definition) is 1. The molecule has 0 radical (unpaired) electrons. The number of anilines is 3. The van der Waals surface area contributed by atoms with Crippen LogP contribution < -0.4 is 15.1 Å². The van der Waals surface area contributed by atoms with E-state index in [1.165, 1.54) is 17.4 Å². The molecule has 2 aliphatic rings. The zero-order valence-corrected chi connectivity index (χ0v) is 15.5. The van der Waals surface area contributed by atoms with Gasteiger partial charge in [-0.05, 0) is 31.4 Å². The smallest absolute Gasteiger partial charge is 0.229 e. The highest BCUT2D eigenvalue weighted by Crippen LogP contribution is 2.32. The molecule has 0 spiro atoms. The van der Waals surface area contributed by atoms with Gasteiger partial charge in [-0.2, -0.15) is 0 Å². The molecule has 1 aromatic heterocycles. The summed E-state index contributed by atoms with van der Waals surface area (Å²) in [5.74, 6) is -0.801. The molecule has 2 aromatic rings. The maximum absolute atomic E-state index is 13.8. The number of hydrogen-bond acceptors (Lipinski definition) is 6. The van der Waals surface area contributed by atoms with Gasteiger partial charge in [-0.1, -0.05) is 23.5 Å². The molecule has 1 aromatic carbocycles. The third-order valence-electron chi connectivity index (χ3n) is 4.90. The van der Waals surface area contributed by atoms with Crippen LogP contribution in [0, 0.1) is 11.7 Å². The Balaban J connectivity index is 1.42. The van der Waals surface area contributed by atoms with Crippen LogP contribution in [0.15, 0.2) is 24.3 Å². The first kappa shape index (κ1) is 17.8. The number of para-hydroxylation sites is 1. The van der Waals surface area contributed by atoms with Gasteiger partial charge >= 0.3 is 0 Å². The Hall–Kier alpha value is -2.55. The number of carbonyl (C=O) groups excluding carboxylic acids is 2. The van der Waals surface area contributed by atoms with Gasteiger partial charge in [-0.15, -0.1) is 10.2 Å².